The Kier molecular flexibility index (Phi) is 3.28. The van der Waals surface area contributed by atoms with Crippen molar-refractivity contribution in [2.75, 3.05) is 5.32 Å². The largest absolute Gasteiger partial charge is 0.376 e. The molecule has 0 aliphatic rings. The number of hydrogen-bond acceptors (Lipinski definition) is 2. The second-order valence-corrected chi connectivity index (χ2v) is 4.00. The van der Waals surface area contributed by atoms with Crippen LogP contribution in [0.1, 0.15) is 11.5 Å². The normalized spacial score (nSPS) is 10.6. The second kappa shape index (κ2) is 4.71. The van der Waals surface area contributed by atoms with E-state index in [2.05, 4.69) is 15.3 Å². The Morgan fingerprint density at radius 2 is 2.18 bits per heavy atom. The number of nitrogens with one attached hydrogen (secondary N) is 2. The molecule has 0 bridgehead atoms. The summed E-state index contributed by atoms with van der Waals surface area (Å²) in [5.74, 6) is -0.644. The van der Waals surface area contributed by atoms with Crippen LogP contribution < -0.4 is 5.32 Å². The monoisotopic (exact) mass is 257 g/mol. The number of H-pyrrole nitrogens is 1. The fourth-order valence-electron chi connectivity index (χ4n) is 1.46. The van der Waals surface area contributed by atoms with Crippen molar-refractivity contribution >= 4 is 17.3 Å². The Morgan fingerprint density at radius 1 is 1.41 bits per heavy atom. The standard InChI is InChI=1S/C11H10ClF2N3/c1-6-15-4-8(17-6)5-16-11-9(12)2-7(13)3-10(11)14/h2-4,16H,5H2,1H3,(H,15,17). The lowest BCUT2D eigenvalue weighted by molar-refractivity contribution is 0.585. The van der Waals surface area contributed by atoms with Crippen LogP contribution in [0.4, 0.5) is 14.5 Å². The first-order valence-electron chi connectivity index (χ1n) is 4.95. The van der Waals surface area contributed by atoms with Crippen molar-refractivity contribution in [3.63, 3.8) is 0 Å². The lowest BCUT2D eigenvalue weighted by atomic mass is 10.3. The van der Waals surface area contributed by atoms with Gasteiger partial charge >= 0.3 is 0 Å². The summed E-state index contributed by atoms with van der Waals surface area (Å²) in [4.78, 5) is 6.99. The van der Waals surface area contributed by atoms with E-state index < -0.39 is 11.6 Å². The molecule has 0 radical (unpaired) electrons. The van der Waals surface area contributed by atoms with Gasteiger partial charge in [0, 0.05) is 6.07 Å². The van der Waals surface area contributed by atoms with E-state index in [1.54, 1.807) is 6.20 Å². The van der Waals surface area contributed by atoms with Gasteiger partial charge in [-0.2, -0.15) is 0 Å². The average Bonchev–Trinajstić information content (AvgIpc) is 2.62. The van der Waals surface area contributed by atoms with Gasteiger partial charge in [0.2, 0.25) is 0 Å². The first-order valence-corrected chi connectivity index (χ1v) is 5.33. The lowest BCUT2D eigenvalue weighted by Gasteiger charge is -2.08. The molecule has 0 aliphatic carbocycles. The highest BCUT2D eigenvalue weighted by Gasteiger charge is 2.09. The number of imidazole rings is 1. The number of aromatic amines is 1. The van der Waals surface area contributed by atoms with Crippen LogP contribution >= 0.6 is 11.6 Å². The zero-order valence-corrected chi connectivity index (χ0v) is 9.78. The molecule has 17 heavy (non-hydrogen) atoms. The van der Waals surface area contributed by atoms with Crippen LogP contribution in [0.3, 0.4) is 0 Å². The third kappa shape index (κ3) is 2.74. The molecule has 0 amide bonds. The quantitative estimate of drug-likeness (QED) is 0.886. The highest BCUT2D eigenvalue weighted by molar-refractivity contribution is 6.33. The number of benzene rings is 1. The van der Waals surface area contributed by atoms with E-state index in [1.807, 2.05) is 6.92 Å². The highest BCUT2D eigenvalue weighted by atomic mass is 35.5. The Labute approximate surface area is 102 Å². The first-order chi connectivity index (χ1) is 8.06. The first kappa shape index (κ1) is 11.9. The topological polar surface area (TPSA) is 40.7 Å². The molecule has 1 aromatic carbocycles. The average molecular weight is 258 g/mol. The molecule has 0 saturated heterocycles. The SMILES string of the molecule is Cc1ncc(CNc2c(F)cc(F)cc2Cl)[nH]1. The Balaban J connectivity index is 2.14. The fraction of sp³-hybridized carbons (Fsp3) is 0.182. The third-order valence-corrected chi connectivity index (χ3v) is 2.52. The predicted molar refractivity (Wildman–Crippen MR) is 62.0 cm³/mol. The molecule has 1 aromatic heterocycles. The number of halogens is 3. The lowest BCUT2D eigenvalue weighted by Crippen LogP contribution is -2.03. The maximum Gasteiger partial charge on any atom is 0.150 e. The van der Waals surface area contributed by atoms with Gasteiger partial charge in [-0.3, -0.25) is 0 Å². The van der Waals surface area contributed by atoms with Crippen molar-refractivity contribution in [3.8, 4) is 0 Å². The molecule has 0 unspecified atom stereocenters. The van der Waals surface area contributed by atoms with Crippen LogP contribution in [0.25, 0.3) is 0 Å². The summed E-state index contributed by atoms with van der Waals surface area (Å²) in [5.41, 5.74) is 0.877. The van der Waals surface area contributed by atoms with E-state index in [0.717, 1.165) is 23.7 Å². The molecule has 0 saturated carbocycles. The summed E-state index contributed by atoms with van der Waals surface area (Å²) < 4.78 is 26.2. The molecular weight excluding hydrogens is 248 g/mol. The molecule has 3 nitrogen and oxygen atoms in total. The molecule has 2 N–H and O–H groups in total. The van der Waals surface area contributed by atoms with Crippen LogP contribution in [0.2, 0.25) is 5.02 Å². The number of hydrogen-bond donors (Lipinski definition) is 2. The van der Waals surface area contributed by atoms with Gasteiger partial charge in [-0.1, -0.05) is 11.6 Å². The highest BCUT2D eigenvalue weighted by Crippen LogP contribution is 2.26. The number of aryl methyl sites for hydroxylation is 1. The second-order valence-electron chi connectivity index (χ2n) is 3.59. The van der Waals surface area contributed by atoms with E-state index in [1.165, 1.54) is 0 Å². The zero-order valence-electron chi connectivity index (χ0n) is 9.02. The van der Waals surface area contributed by atoms with Gasteiger partial charge in [0.15, 0.2) is 5.82 Å². The summed E-state index contributed by atoms with van der Waals surface area (Å²) in [6, 6.07) is 1.84. The number of rotatable bonds is 3. The summed E-state index contributed by atoms with van der Waals surface area (Å²) in [7, 11) is 0. The number of anilines is 1. The van der Waals surface area contributed by atoms with E-state index in [0.29, 0.717) is 6.54 Å². The van der Waals surface area contributed by atoms with Crippen molar-refractivity contribution in [2.45, 2.75) is 13.5 Å². The molecular formula is C11H10ClF2N3. The molecule has 6 heteroatoms. The van der Waals surface area contributed by atoms with Crippen LogP contribution in [0.5, 0.6) is 0 Å². The van der Waals surface area contributed by atoms with Crippen molar-refractivity contribution in [2.24, 2.45) is 0 Å². The molecule has 0 fully saturated rings. The summed E-state index contributed by atoms with van der Waals surface area (Å²) in [6.45, 7) is 2.15. The predicted octanol–water partition coefficient (Wildman–Crippen LogP) is 3.26. The van der Waals surface area contributed by atoms with Crippen molar-refractivity contribution in [1.82, 2.24) is 9.97 Å². The van der Waals surface area contributed by atoms with E-state index >= 15 is 0 Å². The summed E-state index contributed by atoms with van der Waals surface area (Å²) >= 11 is 5.74. The van der Waals surface area contributed by atoms with Crippen molar-refractivity contribution in [3.05, 3.63) is 46.5 Å². The maximum atomic E-state index is 13.4. The smallest absolute Gasteiger partial charge is 0.150 e. The van der Waals surface area contributed by atoms with Crippen molar-refractivity contribution < 1.29 is 8.78 Å². The van der Waals surface area contributed by atoms with Gasteiger partial charge in [0.1, 0.15) is 11.6 Å². The van der Waals surface area contributed by atoms with Gasteiger partial charge in [-0.05, 0) is 13.0 Å². The van der Waals surface area contributed by atoms with E-state index in [4.69, 9.17) is 11.6 Å². The molecule has 0 atom stereocenters. The molecule has 0 spiro atoms. The van der Waals surface area contributed by atoms with Gasteiger partial charge < -0.3 is 10.3 Å². The molecule has 1 heterocycles. The Morgan fingerprint density at radius 3 is 2.76 bits per heavy atom. The Bertz CT molecular complexity index is 516. The summed E-state index contributed by atoms with van der Waals surface area (Å²) in [5, 5.41) is 2.81. The van der Waals surface area contributed by atoms with Gasteiger partial charge in [-0.15, -0.1) is 0 Å². The van der Waals surface area contributed by atoms with E-state index in [9.17, 15) is 8.78 Å². The molecule has 2 rings (SSSR count). The Hall–Kier alpha value is -1.62. The minimum Gasteiger partial charge on any atom is -0.376 e. The van der Waals surface area contributed by atoms with Crippen molar-refractivity contribution in [1.29, 1.82) is 0 Å². The van der Waals surface area contributed by atoms with E-state index in [-0.39, 0.29) is 10.7 Å². The minimum atomic E-state index is -0.716. The maximum absolute atomic E-state index is 13.4. The molecule has 90 valence electrons. The third-order valence-electron chi connectivity index (χ3n) is 2.22. The van der Waals surface area contributed by atoms with Gasteiger partial charge in [0.05, 0.1) is 29.1 Å². The van der Waals surface area contributed by atoms with Gasteiger partial charge in [0.25, 0.3) is 0 Å². The molecule has 0 aliphatic heterocycles. The number of nitrogens with zero attached hydrogens (tertiary/aromatic N) is 1. The zero-order chi connectivity index (χ0) is 12.4. The minimum absolute atomic E-state index is 0.0127. The van der Waals surface area contributed by atoms with Crippen LogP contribution in [0, 0.1) is 18.6 Å². The number of aromatic nitrogens is 2. The van der Waals surface area contributed by atoms with Crippen LogP contribution in [-0.2, 0) is 6.54 Å². The fourth-order valence-corrected chi connectivity index (χ4v) is 1.72. The van der Waals surface area contributed by atoms with Gasteiger partial charge in [-0.25, -0.2) is 13.8 Å². The van der Waals surface area contributed by atoms with Crippen LogP contribution in [-0.4, -0.2) is 9.97 Å². The summed E-state index contributed by atoms with van der Waals surface area (Å²) in [6.07, 6.45) is 1.64. The van der Waals surface area contributed by atoms with Crippen LogP contribution in [0.15, 0.2) is 18.3 Å². The molecule has 2 aromatic rings.